The Balaban J connectivity index is 1.84. The number of aliphatic hydroxyl groups is 2. The molecular formula is C28H37NO4. The van der Waals surface area contributed by atoms with Gasteiger partial charge in [-0.2, -0.15) is 0 Å². The van der Waals surface area contributed by atoms with Crippen molar-refractivity contribution in [2.75, 3.05) is 0 Å². The Labute approximate surface area is 196 Å². The molecule has 4 N–H and O–H groups in total. The summed E-state index contributed by atoms with van der Waals surface area (Å²) >= 11 is 0. The number of hydrogen-bond donors (Lipinski definition) is 4. The topological polar surface area (TPSA) is 89.8 Å². The fourth-order valence-corrected chi connectivity index (χ4v) is 6.61. The highest BCUT2D eigenvalue weighted by Crippen LogP contribution is 2.58. The summed E-state index contributed by atoms with van der Waals surface area (Å²) in [5.41, 5.74) is 0.228. The molecular weight excluding hydrogens is 414 g/mol. The molecule has 1 saturated heterocycles. The van der Waals surface area contributed by atoms with Crippen LogP contribution < -0.4 is 5.32 Å². The summed E-state index contributed by atoms with van der Waals surface area (Å²) in [6.07, 6.45) is 8.11. The SMILES string of the molecule is C=C1C(C)C2C(Cc3ccccc3O)NC(=O)C23C(O)C=CC(C)CC(C)CC=CC3C1O. The van der Waals surface area contributed by atoms with Gasteiger partial charge in [0.1, 0.15) is 5.75 Å². The molecule has 3 aliphatic rings. The fraction of sp³-hybridized carbons (Fsp3) is 0.536. The van der Waals surface area contributed by atoms with Crippen molar-refractivity contribution < 1.29 is 20.1 Å². The summed E-state index contributed by atoms with van der Waals surface area (Å²) in [6.45, 7) is 10.5. The molecule has 0 radical (unpaired) electrons. The molecule has 2 aliphatic carbocycles. The lowest BCUT2D eigenvalue weighted by Gasteiger charge is -2.51. The third-order valence-corrected chi connectivity index (χ3v) is 8.29. The third kappa shape index (κ3) is 3.95. The number of aliphatic hydroxyl groups excluding tert-OH is 2. The molecule has 0 aromatic heterocycles. The van der Waals surface area contributed by atoms with Crippen LogP contribution in [0.2, 0.25) is 0 Å². The average molecular weight is 452 g/mol. The van der Waals surface area contributed by atoms with Crippen molar-refractivity contribution in [3.63, 3.8) is 0 Å². The van der Waals surface area contributed by atoms with Crippen LogP contribution in [-0.2, 0) is 11.2 Å². The number of nitrogens with one attached hydrogen (secondary N) is 1. The van der Waals surface area contributed by atoms with Crippen LogP contribution in [0.4, 0.5) is 0 Å². The van der Waals surface area contributed by atoms with Crippen LogP contribution in [0.3, 0.4) is 0 Å². The molecule has 1 spiro atoms. The summed E-state index contributed by atoms with van der Waals surface area (Å²) in [7, 11) is 0. The first-order valence-electron chi connectivity index (χ1n) is 12.2. The van der Waals surface area contributed by atoms with Crippen molar-refractivity contribution in [2.24, 2.45) is 35.0 Å². The monoisotopic (exact) mass is 451 g/mol. The van der Waals surface area contributed by atoms with Crippen molar-refractivity contribution >= 4 is 5.91 Å². The molecule has 4 rings (SSSR count). The van der Waals surface area contributed by atoms with Gasteiger partial charge in [-0.1, -0.05) is 69.9 Å². The van der Waals surface area contributed by atoms with E-state index in [0.29, 0.717) is 17.9 Å². The lowest BCUT2D eigenvalue weighted by molar-refractivity contribution is -0.147. The zero-order chi connectivity index (χ0) is 23.9. The number of phenols is 1. The van der Waals surface area contributed by atoms with E-state index in [9.17, 15) is 20.1 Å². The Hall–Kier alpha value is -2.37. The van der Waals surface area contributed by atoms with E-state index in [1.807, 2.05) is 31.2 Å². The number of benzene rings is 1. The lowest BCUT2D eigenvalue weighted by Crippen LogP contribution is -2.59. The molecule has 5 heteroatoms. The third-order valence-electron chi connectivity index (χ3n) is 8.29. The van der Waals surface area contributed by atoms with E-state index in [2.05, 4.69) is 31.8 Å². The summed E-state index contributed by atoms with van der Waals surface area (Å²) in [5.74, 6) is -0.378. The molecule has 1 aromatic carbocycles. The summed E-state index contributed by atoms with van der Waals surface area (Å²) in [5, 5.41) is 36.4. The van der Waals surface area contributed by atoms with Crippen LogP contribution in [0, 0.1) is 35.0 Å². The number of rotatable bonds is 2. The zero-order valence-electron chi connectivity index (χ0n) is 19.8. The second kappa shape index (κ2) is 9.11. The van der Waals surface area contributed by atoms with Gasteiger partial charge in [0.25, 0.3) is 0 Å². The number of amides is 1. The Morgan fingerprint density at radius 3 is 2.58 bits per heavy atom. The summed E-state index contributed by atoms with van der Waals surface area (Å²) in [6, 6.07) is 6.85. The van der Waals surface area contributed by atoms with Gasteiger partial charge in [-0.3, -0.25) is 4.79 Å². The summed E-state index contributed by atoms with van der Waals surface area (Å²) < 4.78 is 0. The number of hydrogen-bond acceptors (Lipinski definition) is 4. The number of carbonyl (C=O) groups is 1. The van der Waals surface area contributed by atoms with E-state index in [1.54, 1.807) is 18.2 Å². The largest absolute Gasteiger partial charge is 0.508 e. The molecule has 178 valence electrons. The van der Waals surface area contributed by atoms with Gasteiger partial charge in [-0.15, -0.1) is 0 Å². The highest BCUT2D eigenvalue weighted by molar-refractivity contribution is 5.88. The fourth-order valence-electron chi connectivity index (χ4n) is 6.61. The molecule has 2 fully saturated rings. The maximum Gasteiger partial charge on any atom is 0.230 e. The normalized spacial score (nSPS) is 41.1. The van der Waals surface area contributed by atoms with E-state index < -0.39 is 23.5 Å². The van der Waals surface area contributed by atoms with Crippen molar-refractivity contribution in [1.82, 2.24) is 5.32 Å². The van der Waals surface area contributed by atoms with Gasteiger partial charge in [0.05, 0.1) is 17.6 Å². The molecule has 1 saturated carbocycles. The zero-order valence-corrected chi connectivity index (χ0v) is 19.8. The average Bonchev–Trinajstić information content (AvgIpc) is 3.05. The Morgan fingerprint density at radius 2 is 1.85 bits per heavy atom. The first-order valence-corrected chi connectivity index (χ1v) is 12.2. The molecule has 1 amide bonds. The minimum atomic E-state index is -1.21. The van der Waals surface area contributed by atoms with Crippen molar-refractivity contribution in [3.05, 3.63) is 66.3 Å². The smallest absolute Gasteiger partial charge is 0.230 e. The summed E-state index contributed by atoms with van der Waals surface area (Å²) in [4.78, 5) is 13.8. The number of carbonyl (C=O) groups excluding carboxylic acids is 1. The number of aromatic hydroxyl groups is 1. The maximum atomic E-state index is 13.8. The first-order chi connectivity index (χ1) is 15.7. The van der Waals surface area contributed by atoms with Crippen LogP contribution in [0.25, 0.3) is 0 Å². The Morgan fingerprint density at radius 1 is 1.12 bits per heavy atom. The highest BCUT2D eigenvalue weighted by Gasteiger charge is 2.67. The molecule has 1 heterocycles. The van der Waals surface area contributed by atoms with Crippen LogP contribution >= 0.6 is 0 Å². The van der Waals surface area contributed by atoms with E-state index >= 15 is 0 Å². The Kier molecular flexibility index (Phi) is 6.56. The van der Waals surface area contributed by atoms with E-state index in [-0.39, 0.29) is 35.5 Å². The van der Waals surface area contributed by atoms with Crippen LogP contribution in [0.5, 0.6) is 5.75 Å². The minimum absolute atomic E-state index is 0.191. The van der Waals surface area contributed by atoms with E-state index in [4.69, 9.17) is 0 Å². The van der Waals surface area contributed by atoms with Gasteiger partial charge in [0, 0.05) is 17.9 Å². The quantitative estimate of drug-likeness (QED) is 0.516. The van der Waals surface area contributed by atoms with E-state index in [0.717, 1.165) is 18.4 Å². The predicted molar refractivity (Wildman–Crippen MR) is 129 cm³/mol. The number of allylic oxidation sites excluding steroid dienone is 2. The van der Waals surface area contributed by atoms with Gasteiger partial charge >= 0.3 is 0 Å². The molecule has 33 heavy (non-hydrogen) atoms. The molecule has 9 unspecified atom stereocenters. The molecule has 5 nitrogen and oxygen atoms in total. The molecule has 9 atom stereocenters. The van der Waals surface area contributed by atoms with Gasteiger partial charge < -0.3 is 20.6 Å². The van der Waals surface area contributed by atoms with Gasteiger partial charge in [0.2, 0.25) is 5.91 Å². The van der Waals surface area contributed by atoms with Gasteiger partial charge in [-0.25, -0.2) is 0 Å². The first kappa shape index (κ1) is 23.8. The number of para-hydroxylation sites is 1. The predicted octanol–water partition coefficient (Wildman–Crippen LogP) is 3.76. The van der Waals surface area contributed by atoms with Gasteiger partial charge in [-0.05, 0) is 54.2 Å². The minimum Gasteiger partial charge on any atom is -0.508 e. The van der Waals surface area contributed by atoms with Crippen LogP contribution in [0.15, 0.2) is 60.7 Å². The molecule has 0 bridgehead atoms. The number of phenolic OH excluding ortho intramolecular Hbond substituents is 1. The van der Waals surface area contributed by atoms with Crippen molar-refractivity contribution in [3.8, 4) is 5.75 Å². The highest BCUT2D eigenvalue weighted by atomic mass is 16.3. The van der Waals surface area contributed by atoms with Crippen molar-refractivity contribution in [1.29, 1.82) is 0 Å². The van der Waals surface area contributed by atoms with Gasteiger partial charge in [0.15, 0.2) is 0 Å². The van der Waals surface area contributed by atoms with Crippen LogP contribution in [-0.4, -0.2) is 39.5 Å². The lowest BCUT2D eigenvalue weighted by atomic mass is 9.51. The second-order valence-electron chi connectivity index (χ2n) is 10.5. The maximum absolute atomic E-state index is 13.8. The standard InChI is InChI=1S/C28H37NO4/c1-16-8-7-10-21-26(32)19(4)18(3)25-22(15-20-9-5-6-11-23(20)30)29-27(33)28(21,25)24(31)13-12-17(2)14-16/h5-7,9-13,16-18,21-22,24-26,30-32H,4,8,14-15H2,1-3H3,(H,29,33). The molecule has 1 aromatic rings. The second-order valence-corrected chi connectivity index (χ2v) is 10.5. The van der Waals surface area contributed by atoms with Crippen LogP contribution in [0.1, 0.15) is 39.2 Å². The van der Waals surface area contributed by atoms with E-state index in [1.165, 1.54) is 0 Å². The Bertz CT molecular complexity index is 968. The molecule has 1 aliphatic heterocycles. The van der Waals surface area contributed by atoms with Crippen molar-refractivity contribution in [2.45, 2.75) is 58.3 Å².